The van der Waals surface area contributed by atoms with Gasteiger partial charge in [-0.15, -0.1) is 11.3 Å². The Balaban J connectivity index is 1.47. The monoisotopic (exact) mass is 481 g/mol. The van der Waals surface area contributed by atoms with Crippen LogP contribution >= 0.6 is 11.3 Å². The van der Waals surface area contributed by atoms with Gasteiger partial charge in [0.05, 0.1) is 25.3 Å². The number of benzene rings is 1. The van der Waals surface area contributed by atoms with Gasteiger partial charge in [-0.05, 0) is 56.5 Å². The van der Waals surface area contributed by atoms with Crippen LogP contribution in [0, 0.1) is 12.8 Å². The summed E-state index contributed by atoms with van der Waals surface area (Å²) in [7, 11) is 0. The maximum Gasteiger partial charge on any atom is 0.315 e. The minimum Gasteiger partial charge on any atom is -0.466 e. The average Bonchev–Trinajstić information content (AvgIpc) is 3.51. The van der Waals surface area contributed by atoms with E-state index in [-0.39, 0.29) is 23.6 Å². The van der Waals surface area contributed by atoms with Gasteiger partial charge >= 0.3 is 11.9 Å². The number of aromatic nitrogens is 1. The lowest BCUT2D eigenvalue weighted by molar-refractivity contribution is -0.149. The van der Waals surface area contributed by atoms with Gasteiger partial charge in [-0.3, -0.25) is 14.4 Å². The molecule has 0 saturated carbocycles. The van der Waals surface area contributed by atoms with Crippen molar-refractivity contribution in [2.45, 2.75) is 33.2 Å². The molecule has 0 aliphatic carbocycles. The van der Waals surface area contributed by atoms with Crippen molar-refractivity contribution in [2.24, 2.45) is 10.9 Å². The Labute approximate surface area is 201 Å². The summed E-state index contributed by atoms with van der Waals surface area (Å²) < 4.78 is 12.2. The maximum atomic E-state index is 13.1. The van der Waals surface area contributed by atoms with Gasteiger partial charge in [-0.1, -0.05) is 12.1 Å². The summed E-state index contributed by atoms with van der Waals surface area (Å²) in [5, 5.41) is 1.94. The van der Waals surface area contributed by atoms with E-state index in [1.807, 2.05) is 35.1 Å². The van der Waals surface area contributed by atoms with Gasteiger partial charge < -0.3 is 18.6 Å². The van der Waals surface area contributed by atoms with E-state index >= 15 is 0 Å². The summed E-state index contributed by atoms with van der Waals surface area (Å²) in [6.45, 7) is 5.67. The molecular weight excluding hydrogens is 454 g/mol. The summed E-state index contributed by atoms with van der Waals surface area (Å²) in [6, 6.07) is 10.7. The number of amides is 2. The molecule has 0 unspecified atom stereocenters. The molecule has 2 aromatic heterocycles. The van der Waals surface area contributed by atoms with E-state index in [2.05, 4.69) is 4.99 Å². The minimum atomic E-state index is -0.434. The second kappa shape index (κ2) is 10.6. The van der Waals surface area contributed by atoms with Crippen LogP contribution in [-0.4, -0.2) is 46.9 Å². The number of ether oxygens (including phenoxy) is 1. The van der Waals surface area contributed by atoms with Gasteiger partial charge in [0.15, 0.2) is 10.6 Å². The van der Waals surface area contributed by atoms with Crippen LogP contribution in [0.1, 0.15) is 51.9 Å². The van der Waals surface area contributed by atoms with Crippen molar-refractivity contribution in [3.63, 3.8) is 0 Å². The van der Waals surface area contributed by atoms with Crippen molar-refractivity contribution < 1.29 is 23.5 Å². The van der Waals surface area contributed by atoms with Gasteiger partial charge in [-0.25, -0.2) is 0 Å². The fourth-order valence-electron chi connectivity index (χ4n) is 3.98. The number of likely N-dealkylation sites (tertiary alicyclic amines) is 1. The minimum absolute atomic E-state index is 0.0471. The van der Waals surface area contributed by atoms with Crippen LogP contribution in [0.2, 0.25) is 0 Å². The first-order valence-electron chi connectivity index (χ1n) is 11.3. The largest absolute Gasteiger partial charge is 0.466 e. The van der Waals surface area contributed by atoms with Crippen molar-refractivity contribution in [3.05, 3.63) is 75.4 Å². The van der Waals surface area contributed by atoms with Gasteiger partial charge in [0.2, 0.25) is 0 Å². The molecule has 178 valence electrons. The van der Waals surface area contributed by atoms with Gasteiger partial charge in [-0.2, -0.15) is 4.99 Å². The fourth-order valence-corrected chi connectivity index (χ4v) is 4.86. The smallest absolute Gasteiger partial charge is 0.315 e. The fraction of sp³-hybridized carbons (Fsp3) is 0.360. The van der Waals surface area contributed by atoms with Crippen LogP contribution in [0.15, 0.2) is 57.5 Å². The van der Waals surface area contributed by atoms with Gasteiger partial charge in [0.1, 0.15) is 0 Å². The second-order valence-electron chi connectivity index (χ2n) is 8.16. The third kappa shape index (κ3) is 5.36. The van der Waals surface area contributed by atoms with Crippen molar-refractivity contribution in [2.75, 3.05) is 19.7 Å². The summed E-state index contributed by atoms with van der Waals surface area (Å²) >= 11 is 1.38. The lowest BCUT2D eigenvalue weighted by Gasteiger charge is -2.31. The van der Waals surface area contributed by atoms with Crippen LogP contribution < -0.4 is 4.80 Å². The number of aryl methyl sites for hydroxylation is 1. The summed E-state index contributed by atoms with van der Waals surface area (Å²) in [4.78, 5) is 44.0. The molecule has 0 bridgehead atoms. The number of hydrogen-bond donors (Lipinski definition) is 0. The lowest BCUT2D eigenvalue weighted by atomic mass is 9.96. The van der Waals surface area contributed by atoms with Crippen molar-refractivity contribution in [1.29, 1.82) is 0 Å². The molecule has 3 heterocycles. The number of piperidine rings is 1. The van der Waals surface area contributed by atoms with Crippen LogP contribution in [0.25, 0.3) is 0 Å². The van der Waals surface area contributed by atoms with Crippen LogP contribution in [0.5, 0.6) is 0 Å². The summed E-state index contributed by atoms with van der Waals surface area (Å²) in [6.07, 6.45) is 2.67. The van der Waals surface area contributed by atoms with E-state index in [4.69, 9.17) is 9.15 Å². The van der Waals surface area contributed by atoms with Crippen molar-refractivity contribution >= 4 is 29.1 Å². The van der Waals surface area contributed by atoms with E-state index < -0.39 is 5.91 Å². The first-order valence-corrected chi connectivity index (χ1v) is 12.2. The molecule has 34 heavy (non-hydrogen) atoms. The Morgan fingerprint density at radius 2 is 1.97 bits per heavy atom. The Bertz CT molecular complexity index is 1230. The van der Waals surface area contributed by atoms with E-state index in [1.165, 1.54) is 17.6 Å². The molecule has 1 aromatic carbocycles. The predicted octanol–water partition coefficient (Wildman–Crippen LogP) is 3.66. The van der Waals surface area contributed by atoms with E-state index in [0.717, 1.165) is 11.3 Å². The van der Waals surface area contributed by atoms with E-state index in [9.17, 15) is 14.4 Å². The zero-order valence-electron chi connectivity index (χ0n) is 19.2. The number of nitrogens with zero attached hydrogens (tertiary/aromatic N) is 3. The van der Waals surface area contributed by atoms with Crippen LogP contribution in [0.3, 0.4) is 0 Å². The van der Waals surface area contributed by atoms with Crippen molar-refractivity contribution in [3.8, 4) is 0 Å². The van der Waals surface area contributed by atoms with E-state index in [0.29, 0.717) is 49.4 Å². The molecule has 0 atom stereocenters. The molecule has 3 aromatic rings. The topological polar surface area (TPSA) is 94.1 Å². The molecule has 1 fully saturated rings. The first-order chi connectivity index (χ1) is 16.5. The molecule has 1 aliphatic heterocycles. The van der Waals surface area contributed by atoms with Gasteiger partial charge in [0.25, 0.3) is 5.91 Å². The number of carbonyl (C=O) groups excluding carboxylic acids is 3. The average molecular weight is 482 g/mol. The number of carbonyl (C=O) groups is 3. The number of furan rings is 1. The highest BCUT2D eigenvalue weighted by molar-refractivity contribution is 7.07. The van der Waals surface area contributed by atoms with Crippen molar-refractivity contribution in [1.82, 2.24) is 9.47 Å². The summed E-state index contributed by atoms with van der Waals surface area (Å²) in [5.74, 6) is -0.604. The third-order valence-corrected chi connectivity index (χ3v) is 6.82. The molecule has 0 radical (unpaired) electrons. The number of thiazole rings is 1. The quantitative estimate of drug-likeness (QED) is 0.501. The highest BCUT2D eigenvalue weighted by Crippen LogP contribution is 2.21. The molecule has 0 N–H and O–H groups in total. The number of esters is 1. The van der Waals surface area contributed by atoms with E-state index in [1.54, 1.807) is 30.0 Å². The zero-order chi connectivity index (χ0) is 24.1. The zero-order valence-corrected chi connectivity index (χ0v) is 20.0. The Kier molecular flexibility index (Phi) is 7.42. The van der Waals surface area contributed by atoms with Crippen LogP contribution in [0.4, 0.5) is 0 Å². The summed E-state index contributed by atoms with van der Waals surface area (Å²) in [5.41, 5.74) is 2.50. The third-order valence-electron chi connectivity index (χ3n) is 5.84. The number of hydrogen-bond acceptors (Lipinski definition) is 6. The highest BCUT2D eigenvalue weighted by Gasteiger charge is 2.28. The molecule has 1 saturated heterocycles. The standard InChI is InChI=1S/C25H27N3O5S/c1-3-32-24(31)19-9-11-27(12-10-19)23(30)20-7-4-6-18(14-20)15-28-17(2)16-34-25(28)26-22(29)21-8-5-13-33-21/h4-8,13-14,16,19H,3,9-12,15H2,1-2H3. The first kappa shape index (κ1) is 23.7. The normalized spacial score (nSPS) is 14.9. The predicted molar refractivity (Wildman–Crippen MR) is 126 cm³/mol. The molecule has 8 nitrogen and oxygen atoms in total. The SMILES string of the molecule is CCOC(=O)C1CCN(C(=O)c2cccc(Cn3c(C)csc3=NC(=O)c3ccco3)c2)CC1. The lowest BCUT2D eigenvalue weighted by Crippen LogP contribution is -2.40. The van der Waals surface area contributed by atoms with Gasteiger partial charge in [0, 0.05) is 29.7 Å². The second-order valence-corrected chi connectivity index (χ2v) is 9.00. The Hall–Kier alpha value is -3.46. The Morgan fingerprint density at radius 3 is 2.68 bits per heavy atom. The highest BCUT2D eigenvalue weighted by atomic mass is 32.1. The molecule has 4 rings (SSSR count). The molecule has 1 aliphatic rings. The number of rotatable bonds is 6. The maximum absolute atomic E-state index is 13.1. The Morgan fingerprint density at radius 1 is 1.18 bits per heavy atom. The van der Waals surface area contributed by atoms with Crippen LogP contribution in [-0.2, 0) is 16.1 Å². The molecule has 0 spiro atoms. The molecular formula is C25H27N3O5S. The molecule has 2 amide bonds. The molecule has 9 heteroatoms.